The zero-order valence-electron chi connectivity index (χ0n) is 7.71. The van der Waals surface area contributed by atoms with Crippen molar-refractivity contribution in [3.8, 4) is 0 Å². The molecule has 0 aromatic carbocycles. The highest BCUT2D eigenvalue weighted by atomic mass is 32.2. The molecule has 0 unspecified atom stereocenters. The van der Waals surface area contributed by atoms with Crippen molar-refractivity contribution in [1.82, 2.24) is 10.1 Å². The van der Waals surface area contributed by atoms with Crippen LogP contribution in [0.3, 0.4) is 0 Å². The van der Waals surface area contributed by atoms with Crippen LogP contribution < -0.4 is 0 Å². The molecule has 0 spiro atoms. The van der Waals surface area contributed by atoms with Gasteiger partial charge in [-0.2, -0.15) is 4.98 Å². The van der Waals surface area contributed by atoms with Gasteiger partial charge in [-0.15, -0.1) is 0 Å². The van der Waals surface area contributed by atoms with Crippen molar-refractivity contribution in [1.29, 1.82) is 0 Å². The van der Waals surface area contributed by atoms with E-state index in [1.807, 2.05) is 0 Å². The Balaban J connectivity index is 2.60. The monoisotopic (exact) mass is 252 g/mol. The Morgan fingerprint density at radius 3 is 2.80 bits per heavy atom. The number of hydrogen-bond acceptors (Lipinski definition) is 7. The molecule has 84 valence electrons. The molecule has 0 amide bonds. The van der Waals surface area contributed by atoms with E-state index in [1.54, 1.807) is 0 Å². The zero-order valence-corrected chi connectivity index (χ0v) is 9.34. The van der Waals surface area contributed by atoms with Crippen molar-refractivity contribution < 1.29 is 22.8 Å². The molecule has 1 rings (SSSR count). The molecule has 1 aromatic heterocycles. The van der Waals surface area contributed by atoms with Gasteiger partial charge in [0.15, 0.2) is 15.7 Å². The molecule has 0 aliphatic carbocycles. The van der Waals surface area contributed by atoms with Gasteiger partial charge in [0, 0.05) is 6.26 Å². The average molecular weight is 252 g/mol. The summed E-state index contributed by atoms with van der Waals surface area (Å²) in [6.07, 6.45) is 1.05. The standard InChI is InChI=1S/C6H8N2O5S2/c1-15(11,12)3-4-7-6(13-8-4)14-2-5(9)10/h2-3H2,1H3,(H,9,10). The normalized spacial score (nSPS) is 11.5. The lowest BCUT2D eigenvalue weighted by Gasteiger charge is -1.89. The third-order valence-electron chi connectivity index (χ3n) is 1.16. The molecule has 0 aliphatic rings. The summed E-state index contributed by atoms with van der Waals surface area (Å²) in [5.74, 6) is -1.50. The second-order valence-corrected chi connectivity index (χ2v) is 5.80. The quantitative estimate of drug-likeness (QED) is 0.717. The molecule has 0 fully saturated rings. The molecule has 0 radical (unpaired) electrons. The van der Waals surface area contributed by atoms with Crippen LogP contribution >= 0.6 is 11.8 Å². The number of nitrogens with zero attached hydrogens (tertiary/aromatic N) is 2. The van der Waals surface area contributed by atoms with Crippen LogP contribution in [-0.4, -0.2) is 41.6 Å². The Hall–Kier alpha value is -1.09. The number of carbonyl (C=O) groups is 1. The number of rotatable bonds is 5. The van der Waals surface area contributed by atoms with E-state index in [-0.39, 0.29) is 22.6 Å². The summed E-state index contributed by atoms with van der Waals surface area (Å²) in [7, 11) is -3.21. The SMILES string of the molecule is CS(=O)(=O)Cc1noc(SCC(=O)O)n1. The Labute approximate surface area is 89.8 Å². The number of sulfone groups is 1. The fourth-order valence-electron chi connectivity index (χ4n) is 0.713. The minimum Gasteiger partial charge on any atom is -0.481 e. The number of aromatic nitrogens is 2. The third-order valence-corrected chi connectivity index (χ3v) is 2.75. The first-order chi connectivity index (χ1) is 6.87. The number of carboxylic acid groups (broad SMARTS) is 1. The Kier molecular flexibility index (Phi) is 3.69. The first-order valence-electron chi connectivity index (χ1n) is 3.72. The summed E-state index contributed by atoms with van der Waals surface area (Å²) in [5.41, 5.74) is 0. The van der Waals surface area contributed by atoms with Crippen LogP contribution in [0.4, 0.5) is 0 Å². The van der Waals surface area contributed by atoms with Crippen molar-refractivity contribution in [3.63, 3.8) is 0 Å². The average Bonchev–Trinajstić information content (AvgIpc) is 2.45. The minimum atomic E-state index is -3.21. The lowest BCUT2D eigenvalue weighted by molar-refractivity contribution is -0.133. The van der Waals surface area contributed by atoms with E-state index in [2.05, 4.69) is 14.7 Å². The Morgan fingerprint density at radius 1 is 1.60 bits per heavy atom. The van der Waals surface area contributed by atoms with Gasteiger partial charge in [0.05, 0.1) is 0 Å². The summed E-state index contributed by atoms with van der Waals surface area (Å²) in [6, 6.07) is 0. The summed E-state index contributed by atoms with van der Waals surface area (Å²) in [5, 5.41) is 11.8. The molecule has 15 heavy (non-hydrogen) atoms. The number of carboxylic acids is 1. The van der Waals surface area contributed by atoms with Gasteiger partial charge in [-0.3, -0.25) is 4.79 Å². The van der Waals surface area contributed by atoms with E-state index in [0.29, 0.717) is 0 Å². The van der Waals surface area contributed by atoms with Crippen LogP contribution in [-0.2, 0) is 20.4 Å². The van der Waals surface area contributed by atoms with E-state index in [4.69, 9.17) is 5.11 Å². The second-order valence-electron chi connectivity index (χ2n) is 2.73. The summed E-state index contributed by atoms with van der Waals surface area (Å²) in [4.78, 5) is 13.9. The van der Waals surface area contributed by atoms with Crippen molar-refractivity contribution in [2.24, 2.45) is 0 Å². The number of hydrogen-bond donors (Lipinski definition) is 1. The topological polar surface area (TPSA) is 110 Å². The van der Waals surface area contributed by atoms with Crippen LogP contribution in [0.2, 0.25) is 0 Å². The van der Waals surface area contributed by atoms with Gasteiger partial charge in [0.25, 0.3) is 5.22 Å². The zero-order chi connectivity index (χ0) is 11.5. The maximum atomic E-state index is 10.9. The molecular weight excluding hydrogens is 244 g/mol. The van der Waals surface area contributed by atoms with Gasteiger partial charge >= 0.3 is 5.97 Å². The third kappa shape index (κ3) is 4.79. The molecule has 0 saturated heterocycles. The van der Waals surface area contributed by atoms with Crippen molar-refractivity contribution in [2.45, 2.75) is 11.0 Å². The highest BCUT2D eigenvalue weighted by Crippen LogP contribution is 2.15. The summed E-state index contributed by atoms with van der Waals surface area (Å²) in [6.45, 7) is 0. The Bertz CT molecular complexity index is 452. The maximum Gasteiger partial charge on any atom is 0.314 e. The molecule has 7 nitrogen and oxygen atoms in total. The first kappa shape index (κ1) is 12.0. The first-order valence-corrected chi connectivity index (χ1v) is 6.76. The van der Waals surface area contributed by atoms with E-state index in [0.717, 1.165) is 18.0 Å². The van der Waals surface area contributed by atoms with E-state index in [9.17, 15) is 13.2 Å². The van der Waals surface area contributed by atoms with E-state index < -0.39 is 15.8 Å². The van der Waals surface area contributed by atoms with E-state index in [1.165, 1.54) is 0 Å². The highest BCUT2D eigenvalue weighted by Gasteiger charge is 2.13. The van der Waals surface area contributed by atoms with Gasteiger partial charge in [-0.25, -0.2) is 8.42 Å². The number of aliphatic carboxylic acids is 1. The molecule has 0 aliphatic heterocycles. The van der Waals surface area contributed by atoms with Gasteiger partial charge < -0.3 is 9.63 Å². The summed E-state index contributed by atoms with van der Waals surface area (Å²) >= 11 is 0.841. The lowest BCUT2D eigenvalue weighted by Crippen LogP contribution is -2.02. The van der Waals surface area contributed by atoms with Gasteiger partial charge in [0.2, 0.25) is 0 Å². The number of thioether (sulfide) groups is 1. The second kappa shape index (κ2) is 4.62. The molecule has 0 atom stereocenters. The van der Waals surface area contributed by atoms with Crippen molar-refractivity contribution in [2.75, 3.05) is 12.0 Å². The molecule has 9 heteroatoms. The predicted molar refractivity (Wildman–Crippen MR) is 51.2 cm³/mol. The molecule has 0 saturated carbocycles. The fourth-order valence-corrected chi connectivity index (χ4v) is 1.81. The predicted octanol–water partition coefficient (Wildman–Crippen LogP) is -0.209. The minimum absolute atomic E-state index is 0.0328. The Morgan fingerprint density at radius 2 is 2.27 bits per heavy atom. The van der Waals surface area contributed by atoms with Crippen LogP contribution in [0.25, 0.3) is 0 Å². The van der Waals surface area contributed by atoms with Crippen molar-refractivity contribution >= 4 is 27.6 Å². The van der Waals surface area contributed by atoms with E-state index >= 15 is 0 Å². The van der Waals surface area contributed by atoms with Gasteiger partial charge in [-0.1, -0.05) is 16.9 Å². The van der Waals surface area contributed by atoms with Crippen molar-refractivity contribution in [3.05, 3.63) is 5.82 Å². The largest absolute Gasteiger partial charge is 0.481 e. The van der Waals surface area contributed by atoms with Crippen LogP contribution in [0.15, 0.2) is 9.75 Å². The maximum absolute atomic E-state index is 10.9. The molecule has 1 N–H and O–H groups in total. The lowest BCUT2D eigenvalue weighted by atomic mass is 10.7. The van der Waals surface area contributed by atoms with Crippen LogP contribution in [0, 0.1) is 0 Å². The molecule has 0 bridgehead atoms. The summed E-state index contributed by atoms with van der Waals surface area (Å²) < 4.78 is 26.3. The smallest absolute Gasteiger partial charge is 0.314 e. The molecule has 1 heterocycles. The van der Waals surface area contributed by atoms with Crippen LogP contribution in [0.5, 0.6) is 0 Å². The van der Waals surface area contributed by atoms with Gasteiger partial charge in [-0.05, 0) is 0 Å². The molecular formula is C6H8N2O5S2. The molecule has 1 aromatic rings. The fraction of sp³-hybridized carbons (Fsp3) is 0.500. The van der Waals surface area contributed by atoms with Gasteiger partial charge in [0.1, 0.15) is 11.5 Å². The highest BCUT2D eigenvalue weighted by molar-refractivity contribution is 7.99. The van der Waals surface area contributed by atoms with Crippen LogP contribution in [0.1, 0.15) is 5.82 Å².